The van der Waals surface area contributed by atoms with Gasteiger partial charge in [-0.1, -0.05) is 0 Å². The number of methoxy groups -OCH3 is 1. The van der Waals surface area contributed by atoms with Gasteiger partial charge in [0.25, 0.3) is 0 Å². The lowest BCUT2D eigenvalue weighted by Crippen LogP contribution is -2.27. The summed E-state index contributed by atoms with van der Waals surface area (Å²) in [6.07, 6.45) is 0. The molecule has 9 heteroatoms. The zero-order valence-electron chi connectivity index (χ0n) is 8.39. The highest BCUT2D eigenvalue weighted by Gasteiger charge is 2.48. The van der Waals surface area contributed by atoms with Gasteiger partial charge < -0.3 is 8.92 Å². The van der Waals surface area contributed by atoms with Crippen molar-refractivity contribution < 1.29 is 30.5 Å². The van der Waals surface area contributed by atoms with Crippen molar-refractivity contribution in [1.82, 2.24) is 0 Å². The molecule has 0 aliphatic carbocycles. The molecule has 0 radical (unpaired) electrons. The summed E-state index contributed by atoms with van der Waals surface area (Å²) in [6.45, 7) is 0. The summed E-state index contributed by atoms with van der Waals surface area (Å²) < 4.78 is 65.6. The van der Waals surface area contributed by atoms with Gasteiger partial charge in [0.05, 0.1) is 7.11 Å². The van der Waals surface area contributed by atoms with E-state index in [2.05, 4.69) is 4.18 Å². The summed E-state index contributed by atoms with van der Waals surface area (Å²) in [7, 11) is -4.25. The molecule has 0 fully saturated rings. The number of ether oxygens (including phenoxy) is 1. The van der Waals surface area contributed by atoms with E-state index in [4.69, 9.17) is 4.74 Å². The van der Waals surface area contributed by atoms with Crippen LogP contribution >= 0.6 is 24.0 Å². The number of hydrogen-bond donors (Lipinski definition) is 0. The van der Waals surface area contributed by atoms with Crippen molar-refractivity contribution >= 4 is 34.1 Å². The topological polar surface area (TPSA) is 52.6 Å². The Hall–Kier alpha value is -0.710. The molecule has 1 aromatic rings. The van der Waals surface area contributed by atoms with Crippen molar-refractivity contribution in [2.75, 3.05) is 7.11 Å². The van der Waals surface area contributed by atoms with Crippen LogP contribution in [0.15, 0.2) is 24.3 Å². The van der Waals surface area contributed by atoms with E-state index in [1.54, 1.807) is 0 Å². The lowest BCUT2D eigenvalue weighted by molar-refractivity contribution is -0.0500. The number of hydrogen-bond acceptors (Lipinski definition) is 4. The third kappa shape index (κ3) is 4.22. The molecular weight excluding hydrogens is 376 g/mol. The summed E-state index contributed by atoms with van der Waals surface area (Å²) in [5.74, 6) is -0.0603. The van der Waals surface area contributed by atoms with Crippen molar-refractivity contribution in [1.29, 1.82) is 0 Å². The second-order valence-electron chi connectivity index (χ2n) is 2.66. The van der Waals surface area contributed by atoms with Gasteiger partial charge in [-0.05, 0) is 24.3 Å². The summed E-state index contributed by atoms with van der Waals surface area (Å²) >= 11 is 0. The molecule has 98 valence electrons. The van der Waals surface area contributed by atoms with Gasteiger partial charge in [0.15, 0.2) is 0 Å². The van der Waals surface area contributed by atoms with Gasteiger partial charge in [-0.25, -0.2) is 0 Å². The predicted octanol–water partition coefficient (Wildman–Crippen LogP) is 2.54. The van der Waals surface area contributed by atoms with Crippen LogP contribution < -0.4 is 8.92 Å². The van der Waals surface area contributed by atoms with Crippen molar-refractivity contribution in [3.05, 3.63) is 24.3 Å². The van der Waals surface area contributed by atoms with Gasteiger partial charge in [0.1, 0.15) is 11.5 Å². The number of rotatable bonds is 3. The molecule has 0 aromatic heterocycles. The number of halogens is 4. The SMILES string of the molecule is COc1ccc(OS(=O)(=O)C(F)(F)F)cc1.I. The van der Waals surface area contributed by atoms with Gasteiger partial charge in [0, 0.05) is 0 Å². The average Bonchev–Trinajstić information content (AvgIpc) is 2.16. The van der Waals surface area contributed by atoms with E-state index in [1.807, 2.05) is 0 Å². The third-order valence-electron chi connectivity index (χ3n) is 1.55. The Labute approximate surface area is 113 Å². The third-order valence-corrected chi connectivity index (χ3v) is 2.53. The van der Waals surface area contributed by atoms with E-state index in [0.29, 0.717) is 5.75 Å². The standard InChI is InChI=1S/C8H7F3O4S.HI/c1-14-6-2-4-7(5-3-6)15-16(12,13)8(9,10)11;/h2-5H,1H3;1H. The first-order valence-electron chi connectivity index (χ1n) is 3.91. The summed E-state index contributed by atoms with van der Waals surface area (Å²) in [5, 5.41) is 0. The molecule has 1 aromatic carbocycles. The van der Waals surface area contributed by atoms with Crippen LogP contribution in [0, 0.1) is 0 Å². The van der Waals surface area contributed by atoms with E-state index in [0.717, 1.165) is 12.1 Å². The maximum atomic E-state index is 11.9. The minimum absolute atomic E-state index is 0. The lowest BCUT2D eigenvalue weighted by Gasteiger charge is -2.09. The first kappa shape index (κ1) is 16.3. The molecule has 4 nitrogen and oxygen atoms in total. The predicted molar refractivity (Wildman–Crippen MR) is 64.0 cm³/mol. The Morgan fingerprint density at radius 2 is 1.47 bits per heavy atom. The fourth-order valence-corrected chi connectivity index (χ4v) is 1.26. The molecule has 0 heterocycles. The fraction of sp³-hybridized carbons (Fsp3) is 0.250. The van der Waals surface area contributed by atoms with Crippen LogP contribution in [-0.4, -0.2) is 21.0 Å². The Morgan fingerprint density at radius 3 is 1.82 bits per heavy atom. The quantitative estimate of drug-likeness (QED) is 0.457. The highest BCUT2D eigenvalue weighted by molar-refractivity contribution is 14.0. The first-order valence-corrected chi connectivity index (χ1v) is 5.32. The van der Waals surface area contributed by atoms with Crippen molar-refractivity contribution in [3.8, 4) is 11.5 Å². The summed E-state index contributed by atoms with van der Waals surface area (Å²) in [4.78, 5) is 0. The maximum absolute atomic E-state index is 11.9. The highest BCUT2D eigenvalue weighted by Crippen LogP contribution is 2.27. The van der Waals surface area contributed by atoms with Crippen LogP contribution in [0.4, 0.5) is 13.2 Å². The lowest BCUT2D eigenvalue weighted by atomic mass is 10.3. The van der Waals surface area contributed by atoms with Crippen LogP contribution in [0.2, 0.25) is 0 Å². The zero-order valence-corrected chi connectivity index (χ0v) is 11.5. The summed E-state index contributed by atoms with van der Waals surface area (Å²) in [5.41, 5.74) is -5.44. The van der Waals surface area contributed by atoms with Crippen molar-refractivity contribution in [2.45, 2.75) is 5.51 Å². The van der Waals surface area contributed by atoms with Crippen LogP contribution in [0.3, 0.4) is 0 Å². The second kappa shape index (κ2) is 5.76. The molecule has 17 heavy (non-hydrogen) atoms. The van der Waals surface area contributed by atoms with Crippen LogP contribution in [0.1, 0.15) is 0 Å². The van der Waals surface area contributed by atoms with Crippen LogP contribution in [0.25, 0.3) is 0 Å². The van der Waals surface area contributed by atoms with E-state index < -0.39 is 21.4 Å². The molecule has 1 rings (SSSR count). The molecule has 0 saturated heterocycles. The Balaban J connectivity index is 0.00000256. The highest BCUT2D eigenvalue weighted by atomic mass is 127. The molecule has 0 atom stereocenters. The monoisotopic (exact) mass is 384 g/mol. The Morgan fingerprint density at radius 1 is 1.06 bits per heavy atom. The smallest absolute Gasteiger partial charge is 0.497 e. The molecule has 0 aliphatic heterocycles. The molecular formula is C8H8F3IO4S. The van der Waals surface area contributed by atoms with E-state index in [9.17, 15) is 21.6 Å². The van der Waals surface area contributed by atoms with Gasteiger partial charge in [-0.3, -0.25) is 0 Å². The van der Waals surface area contributed by atoms with Gasteiger partial charge in [0.2, 0.25) is 0 Å². The van der Waals surface area contributed by atoms with Crippen LogP contribution in [0.5, 0.6) is 11.5 Å². The maximum Gasteiger partial charge on any atom is 0.534 e. The molecule has 0 spiro atoms. The molecule has 0 saturated carbocycles. The van der Waals surface area contributed by atoms with Crippen molar-refractivity contribution in [2.24, 2.45) is 0 Å². The van der Waals surface area contributed by atoms with Gasteiger partial charge in [-0.2, -0.15) is 21.6 Å². The Bertz CT molecular complexity index is 455. The second-order valence-corrected chi connectivity index (χ2v) is 4.20. The fourth-order valence-electron chi connectivity index (χ4n) is 0.805. The minimum Gasteiger partial charge on any atom is -0.497 e. The van der Waals surface area contributed by atoms with E-state index in [-0.39, 0.29) is 24.0 Å². The molecule has 0 amide bonds. The molecule has 0 N–H and O–H groups in total. The van der Waals surface area contributed by atoms with Crippen molar-refractivity contribution in [3.63, 3.8) is 0 Å². The zero-order chi connectivity index (χ0) is 12.4. The van der Waals surface area contributed by atoms with Crippen LogP contribution in [-0.2, 0) is 10.1 Å². The molecule has 0 aliphatic rings. The molecule has 0 bridgehead atoms. The first-order chi connectivity index (χ1) is 7.26. The summed E-state index contributed by atoms with van der Waals surface area (Å²) in [6, 6.07) is 4.67. The Kier molecular flexibility index (Phi) is 5.52. The minimum atomic E-state index is -5.61. The van der Waals surface area contributed by atoms with E-state index >= 15 is 0 Å². The van der Waals surface area contributed by atoms with Gasteiger partial charge >= 0.3 is 15.6 Å². The normalized spacial score (nSPS) is 11.5. The average molecular weight is 384 g/mol. The molecule has 0 unspecified atom stereocenters. The number of benzene rings is 1. The van der Waals surface area contributed by atoms with Gasteiger partial charge in [-0.15, -0.1) is 24.0 Å². The van der Waals surface area contributed by atoms with E-state index in [1.165, 1.54) is 19.2 Å². The largest absolute Gasteiger partial charge is 0.534 e. The number of alkyl halides is 3.